The van der Waals surface area contributed by atoms with Crippen LogP contribution in [-0.2, 0) is 11.3 Å². The fourth-order valence-electron chi connectivity index (χ4n) is 2.08. The molecule has 2 rings (SSSR count). The maximum atomic E-state index is 12.4. The standard InChI is InChI=1S/C17H19NO2S/c1-12-7-8-15(21-3)10-16(12)17(19)18-14-6-4-5-13(9-14)11-20-2/h4-10H,11H2,1-3H3,(H,18,19). The highest BCUT2D eigenvalue weighted by atomic mass is 32.2. The van der Waals surface area contributed by atoms with Crippen molar-refractivity contribution in [3.05, 3.63) is 59.2 Å². The minimum atomic E-state index is -0.0852. The number of anilines is 1. The molecule has 0 saturated carbocycles. The first-order chi connectivity index (χ1) is 10.1. The molecule has 1 N–H and O–H groups in total. The number of thioether (sulfide) groups is 1. The Kier molecular flexibility index (Phi) is 5.42. The molecule has 0 radical (unpaired) electrons. The molecule has 1 amide bonds. The third-order valence-corrected chi connectivity index (χ3v) is 3.91. The Morgan fingerprint density at radius 2 is 2.05 bits per heavy atom. The number of carbonyl (C=O) groups excluding carboxylic acids is 1. The lowest BCUT2D eigenvalue weighted by Crippen LogP contribution is -2.13. The molecule has 110 valence electrons. The van der Waals surface area contributed by atoms with Crippen molar-refractivity contribution in [2.45, 2.75) is 18.4 Å². The second-order valence-corrected chi connectivity index (χ2v) is 5.65. The zero-order valence-corrected chi connectivity index (χ0v) is 13.3. The first-order valence-electron chi connectivity index (χ1n) is 6.68. The Hall–Kier alpha value is -1.78. The van der Waals surface area contributed by atoms with Gasteiger partial charge in [-0.3, -0.25) is 4.79 Å². The molecule has 0 spiro atoms. The first-order valence-corrected chi connectivity index (χ1v) is 7.90. The van der Waals surface area contributed by atoms with Crippen LogP contribution in [0, 0.1) is 6.92 Å². The van der Waals surface area contributed by atoms with Crippen LogP contribution in [0.5, 0.6) is 0 Å². The number of nitrogens with one attached hydrogen (secondary N) is 1. The summed E-state index contributed by atoms with van der Waals surface area (Å²) in [6.45, 7) is 2.48. The van der Waals surface area contributed by atoms with Crippen molar-refractivity contribution in [2.75, 3.05) is 18.7 Å². The van der Waals surface area contributed by atoms with E-state index in [9.17, 15) is 4.79 Å². The number of benzene rings is 2. The van der Waals surface area contributed by atoms with Gasteiger partial charge in [0.15, 0.2) is 0 Å². The molecule has 21 heavy (non-hydrogen) atoms. The van der Waals surface area contributed by atoms with Gasteiger partial charge in [-0.1, -0.05) is 18.2 Å². The monoisotopic (exact) mass is 301 g/mol. The van der Waals surface area contributed by atoms with Crippen LogP contribution >= 0.6 is 11.8 Å². The summed E-state index contributed by atoms with van der Waals surface area (Å²) < 4.78 is 5.11. The molecule has 0 bridgehead atoms. The molecule has 0 aliphatic carbocycles. The highest BCUT2D eigenvalue weighted by Gasteiger charge is 2.10. The molecule has 0 unspecified atom stereocenters. The largest absolute Gasteiger partial charge is 0.380 e. The van der Waals surface area contributed by atoms with Gasteiger partial charge in [-0.15, -0.1) is 11.8 Å². The highest BCUT2D eigenvalue weighted by molar-refractivity contribution is 7.98. The lowest BCUT2D eigenvalue weighted by atomic mass is 10.1. The predicted octanol–water partition coefficient (Wildman–Crippen LogP) is 4.12. The Morgan fingerprint density at radius 3 is 2.76 bits per heavy atom. The molecule has 0 aliphatic rings. The summed E-state index contributed by atoms with van der Waals surface area (Å²) >= 11 is 1.63. The summed E-state index contributed by atoms with van der Waals surface area (Å²) in [5, 5.41) is 2.95. The van der Waals surface area contributed by atoms with Crippen molar-refractivity contribution in [3.8, 4) is 0 Å². The number of aryl methyl sites for hydroxylation is 1. The van der Waals surface area contributed by atoms with Gasteiger partial charge in [-0.05, 0) is 48.6 Å². The van der Waals surface area contributed by atoms with E-state index in [2.05, 4.69) is 5.32 Å². The van der Waals surface area contributed by atoms with E-state index in [1.807, 2.05) is 55.6 Å². The quantitative estimate of drug-likeness (QED) is 0.844. The Balaban J connectivity index is 2.19. The van der Waals surface area contributed by atoms with Crippen molar-refractivity contribution < 1.29 is 9.53 Å². The molecule has 0 heterocycles. The molecule has 0 fully saturated rings. The van der Waals surface area contributed by atoms with Gasteiger partial charge in [-0.25, -0.2) is 0 Å². The van der Waals surface area contributed by atoms with E-state index < -0.39 is 0 Å². The molecular weight excluding hydrogens is 282 g/mol. The second-order valence-electron chi connectivity index (χ2n) is 4.77. The van der Waals surface area contributed by atoms with E-state index in [-0.39, 0.29) is 5.91 Å². The van der Waals surface area contributed by atoms with Crippen LogP contribution in [0.1, 0.15) is 21.5 Å². The van der Waals surface area contributed by atoms with Gasteiger partial charge in [0, 0.05) is 23.3 Å². The van der Waals surface area contributed by atoms with E-state index >= 15 is 0 Å². The van der Waals surface area contributed by atoms with Crippen molar-refractivity contribution in [2.24, 2.45) is 0 Å². The normalized spacial score (nSPS) is 10.4. The highest BCUT2D eigenvalue weighted by Crippen LogP contribution is 2.20. The summed E-state index contributed by atoms with van der Waals surface area (Å²) in [5.74, 6) is -0.0852. The van der Waals surface area contributed by atoms with E-state index in [1.54, 1.807) is 18.9 Å². The number of hydrogen-bond donors (Lipinski definition) is 1. The minimum Gasteiger partial charge on any atom is -0.380 e. The Morgan fingerprint density at radius 1 is 1.24 bits per heavy atom. The van der Waals surface area contributed by atoms with Crippen LogP contribution in [0.25, 0.3) is 0 Å². The number of hydrogen-bond acceptors (Lipinski definition) is 3. The molecular formula is C17H19NO2S. The molecule has 2 aromatic rings. The average molecular weight is 301 g/mol. The van der Waals surface area contributed by atoms with Crippen LogP contribution in [0.2, 0.25) is 0 Å². The molecule has 0 saturated heterocycles. The molecule has 4 heteroatoms. The van der Waals surface area contributed by atoms with Gasteiger partial charge in [0.05, 0.1) is 6.61 Å². The van der Waals surface area contributed by atoms with Crippen molar-refractivity contribution in [1.29, 1.82) is 0 Å². The Bertz CT molecular complexity index is 640. The third kappa shape index (κ3) is 4.09. The van der Waals surface area contributed by atoms with E-state index in [0.717, 1.165) is 21.7 Å². The molecule has 0 aromatic heterocycles. The fraction of sp³-hybridized carbons (Fsp3) is 0.235. The number of methoxy groups -OCH3 is 1. The molecule has 0 aliphatic heterocycles. The number of rotatable bonds is 5. The second kappa shape index (κ2) is 7.29. The van der Waals surface area contributed by atoms with Gasteiger partial charge in [0.25, 0.3) is 5.91 Å². The minimum absolute atomic E-state index is 0.0852. The summed E-state index contributed by atoms with van der Waals surface area (Å²) in [4.78, 5) is 13.5. The number of amides is 1. The maximum absolute atomic E-state index is 12.4. The van der Waals surface area contributed by atoms with Gasteiger partial charge in [-0.2, -0.15) is 0 Å². The van der Waals surface area contributed by atoms with Crippen LogP contribution in [0.3, 0.4) is 0 Å². The van der Waals surface area contributed by atoms with Gasteiger partial charge in [0.1, 0.15) is 0 Å². The Labute approximate surface area is 129 Å². The van der Waals surface area contributed by atoms with Crippen molar-refractivity contribution in [1.82, 2.24) is 0 Å². The molecule has 2 aromatic carbocycles. The third-order valence-electron chi connectivity index (χ3n) is 3.19. The SMILES string of the molecule is COCc1cccc(NC(=O)c2cc(SC)ccc2C)c1. The van der Waals surface area contributed by atoms with Crippen molar-refractivity contribution in [3.63, 3.8) is 0 Å². The lowest BCUT2D eigenvalue weighted by Gasteiger charge is -2.10. The van der Waals surface area contributed by atoms with Crippen LogP contribution < -0.4 is 5.32 Å². The maximum Gasteiger partial charge on any atom is 0.255 e. The van der Waals surface area contributed by atoms with Gasteiger partial charge < -0.3 is 10.1 Å². The number of ether oxygens (including phenoxy) is 1. The zero-order chi connectivity index (χ0) is 15.2. The lowest BCUT2D eigenvalue weighted by molar-refractivity contribution is 0.102. The van der Waals surface area contributed by atoms with Gasteiger partial charge >= 0.3 is 0 Å². The topological polar surface area (TPSA) is 38.3 Å². The van der Waals surface area contributed by atoms with E-state index in [1.165, 1.54) is 0 Å². The first kappa shape index (κ1) is 15.6. The molecule has 3 nitrogen and oxygen atoms in total. The summed E-state index contributed by atoms with van der Waals surface area (Å²) in [6.07, 6.45) is 2.00. The van der Waals surface area contributed by atoms with Crippen molar-refractivity contribution >= 4 is 23.4 Å². The summed E-state index contributed by atoms with van der Waals surface area (Å²) in [6, 6.07) is 13.6. The summed E-state index contributed by atoms with van der Waals surface area (Å²) in [5.41, 5.74) is 3.49. The smallest absolute Gasteiger partial charge is 0.255 e. The van der Waals surface area contributed by atoms with E-state index in [0.29, 0.717) is 12.2 Å². The van der Waals surface area contributed by atoms with Gasteiger partial charge in [0.2, 0.25) is 0 Å². The fourth-order valence-corrected chi connectivity index (χ4v) is 2.52. The van der Waals surface area contributed by atoms with Crippen LogP contribution in [-0.4, -0.2) is 19.3 Å². The average Bonchev–Trinajstić information content (AvgIpc) is 2.48. The zero-order valence-electron chi connectivity index (χ0n) is 12.5. The number of carbonyl (C=O) groups is 1. The van der Waals surface area contributed by atoms with Crippen LogP contribution in [0.15, 0.2) is 47.4 Å². The molecule has 0 atom stereocenters. The van der Waals surface area contributed by atoms with Crippen LogP contribution in [0.4, 0.5) is 5.69 Å². The summed E-state index contributed by atoms with van der Waals surface area (Å²) in [7, 11) is 1.66. The van der Waals surface area contributed by atoms with E-state index in [4.69, 9.17) is 4.74 Å². The predicted molar refractivity (Wildman–Crippen MR) is 88.1 cm³/mol.